The molecule has 1 aromatic rings. The third-order valence-corrected chi connectivity index (χ3v) is 2.86. The summed E-state index contributed by atoms with van der Waals surface area (Å²) in [5.41, 5.74) is 2.36. The Morgan fingerprint density at radius 2 is 1.72 bits per heavy atom. The average molecular weight is 243 g/mol. The number of nitrogens with zero attached hydrogens (tertiary/aromatic N) is 1. The number of carbonyl (C=O) groups excluding carboxylic acids is 1. The fourth-order valence-corrected chi connectivity index (χ4v) is 1.89. The first-order valence-electron chi connectivity index (χ1n) is 6.11. The molecule has 94 valence electrons. The van der Waals surface area contributed by atoms with Crippen molar-refractivity contribution in [3.05, 3.63) is 48.1 Å². The van der Waals surface area contributed by atoms with E-state index in [9.17, 15) is 4.79 Å². The van der Waals surface area contributed by atoms with Gasteiger partial charge in [-0.15, -0.1) is 0 Å². The predicted octanol–water partition coefficient (Wildman–Crippen LogP) is 2.29. The van der Waals surface area contributed by atoms with E-state index in [1.165, 1.54) is 11.8 Å². The third-order valence-electron chi connectivity index (χ3n) is 2.86. The van der Waals surface area contributed by atoms with E-state index in [4.69, 9.17) is 4.74 Å². The van der Waals surface area contributed by atoms with Gasteiger partial charge < -0.3 is 9.64 Å². The van der Waals surface area contributed by atoms with Crippen molar-refractivity contribution in [3.8, 4) is 0 Å². The minimum Gasteiger partial charge on any atom is -0.378 e. The van der Waals surface area contributed by atoms with Crippen LogP contribution in [0, 0.1) is 0 Å². The van der Waals surface area contributed by atoms with Crippen molar-refractivity contribution in [1.82, 2.24) is 0 Å². The smallest absolute Gasteiger partial charge is 0.142 e. The molecular formula is C15H17NO2. The highest BCUT2D eigenvalue weighted by atomic mass is 16.5. The lowest BCUT2D eigenvalue weighted by molar-refractivity contribution is -0.104. The number of allylic oxidation sites excluding steroid dienone is 3. The molecular weight excluding hydrogens is 226 g/mol. The van der Waals surface area contributed by atoms with Gasteiger partial charge in [0.25, 0.3) is 0 Å². The summed E-state index contributed by atoms with van der Waals surface area (Å²) in [5.74, 6) is 0. The number of rotatable bonds is 4. The van der Waals surface area contributed by atoms with Crippen LogP contribution in [0.5, 0.6) is 0 Å². The van der Waals surface area contributed by atoms with Crippen molar-refractivity contribution in [2.75, 3.05) is 31.2 Å². The van der Waals surface area contributed by atoms with E-state index in [-0.39, 0.29) is 0 Å². The highest BCUT2D eigenvalue weighted by Gasteiger charge is 2.10. The maximum atomic E-state index is 10.1. The molecule has 1 aliphatic rings. The molecule has 3 nitrogen and oxygen atoms in total. The predicted molar refractivity (Wildman–Crippen MR) is 73.7 cm³/mol. The van der Waals surface area contributed by atoms with E-state index in [0.29, 0.717) is 0 Å². The van der Waals surface area contributed by atoms with Crippen LogP contribution < -0.4 is 4.90 Å². The van der Waals surface area contributed by atoms with E-state index >= 15 is 0 Å². The number of hydrogen-bond donors (Lipinski definition) is 0. The number of hydrogen-bond acceptors (Lipinski definition) is 3. The number of morpholine rings is 1. The molecule has 1 heterocycles. The van der Waals surface area contributed by atoms with E-state index in [0.717, 1.165) is 38.2 Å². The molecule has 0 atom stereocenters. The van der Waals surface area contributed by atoms with Crippen LogP contribution in [0.3, 0.4) is 0 Å². The van der Waals surface area contributed by atoms with Gasteiger partial charge in [-0.3, -0.25) is 4.79 Å². The minimum absolute atomic E-state index is 0.770. The molecule has 0 saturated carbocycles. The van der Waals surface area contributed by atoms with Gasteiger partial charge in [0.15, 0.2) is 0 Å². The zero-order valence-electron chi connectivity index (χ0n) is 10.3. The van der Waals surface area contributed by atoms with Gasteiger partial charge in [-0.05, 0) is 23.8 Å². The van der Waals surface area contributed by atoms with Gasteiger partial charge in [-0.1, -0.05) is 30.4 Å². The summed E-state index contributed by atoms with van der Waals surface area (Å²) in [6.07, 6.45) is 7.80. The van der Waals surface area contributed by atoms with Gasteiger partial charge in [0.2, 0.25) is 0 Å². The number of anilines is 1. The van der Waals surface area contributed by atoms with Crippen molar-refractivity contribution in [3.63, 3.8) is 0 Å². The topological polar surface area (TPSA) is 29.5 Å². The van der Waals surface area contributed by atoms with Gasteiger partial charge in [0, 0.05) is 18.8 Å². The van der Waals surface area contributed by atoms with Crippen LogP contribution in [0.15, 0.2) is 42.5 Å². The highest BCUT2D eigenvalue weighted by Crippen LogP contribution is 2.17. The molecule has 18 heavy (non-hydrogen) atoms. The zero-order valence-corrected chi connectivity index (χ0v) is 10.3. The number of ether oxygens (including phenoxy) is 1. The first-order valence-corrected chi connectivity index (χ1v) is 6.11. The lowest BCUT2D eigenvalue weighted by Crippen LogP contribution is -2.36. The van der Waals surface area contributed by atoms with Crippen LogP contribution in [0.4, 0.5) is 5.69 Å². The molecule has 0 aliphatic carbocycles. The van der Waals surface area contributed by atoms with Crippen LogP contribution in [-0.4, -0.2) is 32.6 Å². The Morgan fingerprint density at radius 3 is 2.39 bits per heavy atom. The third kappa shape index (κ3) is 3.57. The Kier molecular flexibility index (Phi) is 4.73. The number of carbonyl (C=O) groups is 1. The Bertz CT molecular complexity index is 428. The molecule has 1 saturated heterocycles. The summed E-state index contributed by atoms with van der Waals surface area (Å²) < 4.78 is 5.33. The van der Waals surface area contributed by atoms with Gasteiger partial charge in [0.05, 0.1) is 13.2 Å². The Morgan fingerprint density at radius 1 is 1.00 bits per heavy atom. The Hall–Kier alpha value is -1.87. The second kappa shape index (κ2) is 6.77. The zero-order chi connectivity index (χ0) is 12.6. The van der Waals surface area contributed by atoms with Crippen LogP contribution in [0.25, 0.3) is 6.08 Å². The number of benzene rings is 1. The fourth-order valence-electron chi connectivity index (χ4n) is 1.89. The maximum absolute atomic E-state index is 10.1. The summed E-state index contributed by atoms with van der Waals surface area (Å²) in [6.45, 7) is 3.52. The lowest BCUT2D eigenvalue weighted by Gasteiger charge is -2.28. The first-order chi connectivity index (χ1) is 8.90. The van der Waals surface area contributed by atoms with Gasteiger partial charge in [-0.2, -0.15) is 0 Å². The summed E-state index contributed by atoms with van der Waals surface area (Å²) in [6, 6.07) is 8.40. The van der Waals surface area contributed by atoms with E-state index in [2.05, 4.69) is 29.2 Å². The monoisotopic (exact) mass is 243 g/mol. The second-order valence-corrected chi connectivity index (χ2v) is 4.07. The average Bonchev–Trinajstić information content (AvgIpc) is 2.45. The lowest BCUT2D eigenvalue weighted by atomic mass is 10.1. The van der Waals surface area contributed by atoms with E-state index < -0.39 is 0 Å². The molecule has 1 fully saturated rings. The molecule has 1 aliphatic heterocycles. The molecule has 0 spiro atoms. The van der Waals surface area contributed by atoms with Crippen molar-refractivity contribution < 1.29 is 9.53 Å². The molecule has 0 bridgehead atoms. The minimum atomic E-state index is 0.770. The standard InChI is InChI=1S/C15H17NO2/c17-11-3-1-2-4-14-5-7-15(8-6-14)16-9-12-18-13-10-16/h1-8,11H,9-10,12-13H2. The fraction of sp³-hybridized carbons (Fsp3) is 0.267. The molecule has 3 heteroatoms. The van der Waals surface area contributed by atoms with Crippen molar-refractivity contribution in [2.45, 2.75) is 0 Å². The summed E-state index contributed by atoms with van der Waals surface area (Å²) in [5, 5.41) is 0. The Labute approximate surface area is 107 Å². The van der Waals surface area contributed by atoms with Gasteiger partial charge in [-0.25, -0.2) is 0 Å². The quantitative estimate of drug-likeness (QED) is 0.461. The summed E-state index contributed by atoms with van der Waals surface area (Å²) >= 11 is 0. The normalized spacial score (nSPS) is 16.6. The van der Waals surface area contributed by atoms with E-state index in [1.807, 2.05) is 12.2 Å². The van der Waals surface area contributed by atoms with Crippen molar-refractivity contribution >= 4 is 18.0 Å². The van der Waals surface area contributed by atoms with Crippen LogP contribution in [0.2, 0.25) is 0 Å². The van der Waals surface area contributed by atoms with Crippen molar-refractivity contribution in [1.29, 1.82) is 0 Å². The molecule has 0 radical (unpaired) electrons. The summed E-state index contributed by atoms with van der Waals surface area (Å²) in [4.78, 5) is 12.4. The molecule has 0 amide bonds. The number of aldehydes is 1. The summed E-state index contributed by atoms with van der Waals surface area (Å²) in [7, 11) is 0. The first kappa shape index (κ1) is 12.6. The second-order valence-electron chi connectivity index (χ2n) is 4.07. The van der Waals surface area contributed by atoms with Crippen molar-refractivity contribution in [2.24, 2.45) is 0 Å². The van der Waals surface area contributed by atoms with Crippen LogP contribution in [0.1, 0.15) is 5.56 Å². The van der Waals surface area contributed by atoms with Gasteiger partial charge >= 0.3 is 0 Å². The van der Waals surface area contributed by atoms with Crippen LogP contribution in [-0.2, 0) is 9.53 Å². The molecule has 0 aromatic heterocycles. The molecule has 0 N–H and O–H groups in total. The molecule has 1 aromatic carbocycles. The highest BCUT2D eigenvalue weighted by molar-refractivity contribution is 5.66. The van der Waals surface area contributed by atoms with Gasteiger partial charge in [0.1, 0.15) is 6.29 Å². The van der Waals surface area contributed by atoms with E-state index in [1.54, 1.807) is 6.08 Å². The Balaban J connectivity index is 1.98. The molecule has 2 rings (SSSR count). The largest absolute Gasteiger partial charge is 0.378 e. The maximum Gasteiger partial charge on any atom is 0.142 e. The molecule has 0 unspecified atom stereocenters. The van der Waals surface area contributed by atoms with Crippen LogP contribution >= 0.6 is 0 Å². The SMILES string of the molecule is O=CC=CC=Cc1ccc(N2CCOCC2)cc1.